The van der Waals surface area contributed by atoms with Crippen LogP contribution in [0.2, 0.25) is 0 Å². The summed E-state index contributed by atoms with van der Waals surface area (Å²) in [5.74, 6) is -1.31. The molecule has 2 heterocycles. The number of hydrogen-bond acceptors (Lipinski definition) is 7. The number of rotatable bonds is 2. The fourth-order valence-corrected chi connectivity index (χ4v) is 1.86. The molecule has 2 fully saturated rings. The zero-order valence-corrected chi connectivity index (χ0v) is 9.07. The maximum Gasteiger partial charge on any atom is 0.282 e. The van der Waals surface area contributed by atoms with Crippen LogP contribution in [-0.2, 0) is 18.9 Å². The Morgan fingerprint density at radius 2 is 1.94 bits per heavy atom. The minimum atomic E-state index is -1.31. The van der Waals surface area contributed by atoms with Crippen molar-refractivity contribution < 1.29 is 34.3 Å². The Hall–Kier alpha value is -0.280. The van der Waals surface area contributed by atoms with Crippen molar-refractivity contribution in [2.45, 2.75) is 43.6 Å². The molecule has 0 aromatic heterocycles. The predicted octanol–water partition coefficient (Wildman–Crippen LogP) is -1.84. The summed E-state index contributed by atoms with van der Waals surface area (Å²) in [6, 6.07) is 0. The molecule has 0 aromatic carbocycles. The van der Waals surface area contributed by atoms with E-state index < -0.39 is 43.3 Å². The van der Waals surface area contributed by atoms with Crippen LogP contribution in [0.25, 0.3) is 0 Å². The molecule has 2 aliphatic heterocycles. The smallest absolute Gasteiger partial charge is 0.282 e. The van der Waals surface area contributed by atoms with E-state index in [1.807, 2.05) is 0 Å². The van der Waals surface area contributed by atoms with E-state index in [1.54, 1.807) is 0 Å². The first-order valence-corrected chi connectivity index (χ1v) is 5.04. The summed E-state index contributed by atoms with van der Waals surface area (Å²) in [4.78, 5) is 0. The van der Waals surface area contributed by atoms with Gasteiger partial charge in [-0.05, 0) is 0 Å². The molecule has 0 spiro atoms. The first-order valence-electron chi connectivity index (χ1n) is 5.04. The van der Waals surface area contributed by atoms with Gasteiger partial charge < -0.3 is 29.5 Å². The third-order valence-electron chi connectivity index (χ3n) is 2.88. The van der Waals surface area contributed by atoms with E-state index in [0.717, 1.165) is 0 Å². The fourth-order valence-electron chi connectivity index (χ4n) is 1.86. The minimum Gasteiger partial charge on any atom is -0.394 e. The molecule has 0 saturated carbocycles. The number of aliphatic hydroxyl groups is 3. The summed E-state index contributed by atoms with van der Waals surface area (Å²) in [7, 11) is 1.39. The molecule has 0 radical (unpaired) electrons. The average molecular weight is 236 g/mol. The SMILES string of the molecule is CO[C@]1(C)O[C@H]2O[C@H](CO)[C@@H](O)[C@H](O)[C@H]2O1. The van der Waals surface area contributed by atoms with Gasteiger partial charge in [0.1, 0.15) is 24.4 Å². The lowest BCUT2D eigenvalue weighted by Crippen LogP contribution is -2.57. The number of ether oxygens (including phenoxy) is 4. The molecule has 6 atom stereocenters. The van der Waals surface area contributed by atoms with Crippen LogP contribution in [0.5, 0.6) is 0 Å². The van der Waals surface area contributed by atoms with E-state index in [1.165, 1.54) is 14.0 Å². The van der Waals surface area contributed by atoms with Crippen LogP contribution in [0.15, 0.2) is 0 Å². The molecule has 2 saturated heterocycles. The molecular weight excluding hydrogens is 220 g/mol. The Morgan fingerprint density at radius 1 is 1.25 bits per heavy atom. The van der Waals surface area contributed by atoms with Gasteiger partial charge in [-0.3, -0.25) is 4.74 Å². The highest BCUT2D eigenvalue weighted by Crippen LogP contribution is 2.36. The van der Waals surface area contributed by atoms with Gasteiger partial charge in [-0.1, -0.05) is 0 Å². The maximum absolute atomic E-state index is 9.78. The van der Waals surface area contributed by atoms with Gasteiger partial charge in [0.25, 0.3) is 5.97 Å². The van der Waals surface area contributed by atoms with Crippen LogP contribution in [0.4, 0.5) is 0 Å². The summed E-state index contributed by atoms with van der Waals surface area (Å²) in [6.45, 7) is 1.12. The Kier molecular flexibility index (Phi) is 3.19. The molecule has 7 nitrogen and oxygen atoms in total. The third kappa shape index (κ3) is 1.84. The third-order valence-corrected chi connectivity index (χ3v) is 2.88. The van der Waals surface area contributed by atoms with Crippen LogP contribution in [-0.4, -0.2) is 65.7 Å². The highest BCUT2D eigenvalue weighted by molar-refractivity contribution is 4.93. The normalized spacial score (nSPS) is 52.7. The van der Waals surface area contributed by atoms with Crippen LogP contribution in [0.1, 0.15) is 6.92 Å². The molecule has 0 aromatic rings. The molecule has 0 bridgehead atoms. The van der Waals surface area contributed by atoms with Gasteiger partial charge in [0, 0.05) is 14.0 Å². The number of fused-ring (bicyclic) bond motifs is 1. The highest BCUT2D eigenvalue weighted by Gasteiger charge is 2.55. The fraction of sp³-hybridized carbons (Fsp3) is 1.00. The lowest BCUT2D eigenvalue weighted by Gasteiger charge is -2.36. The molecular formula is C9H16O7. The summed E-state index contributed by atoms with van der Waals surface area (Å²) < 4.78 is 20.8. The highest BCUT2D eigenvalue weighted by atomic mass is 16.9. The first-order chi connectivity index (χ1) is 7.50. The molecule has 16 heavy (non-hydrogen) atoms. The number of methoxy groups -OCH3 is 1. The largest absolute Gasteiger partial charge is 0.394 e. The van der Waals surface area contributed by atoms with Gasteiger partial charge >= 0.3 is 0 Å². The molecule has 7 heteroatoms. The summed E-state index contributed by atoms with van der Waals surface area (Å²) in [5, 5.41) is 28.4. The van der Waals surface area contributed by atoms with E-state index in [9.17, 15) is 10.2 Å². The second-order valence-corrected chi connectivity index (χ2v) is 3.97. The molecule has 2 aliphatic rings. The van der Waals surface area contributed by atoms with Crippen molar-refractivity contribution in [1.82, 2.24) is 0 Å². The van der Waals surface area contributed by atoms with Crippen LogP contribution >= 0.6 is 0 Å². The average Bonchev–Trinajstić information content (AvgIpc) is 2.62. The summed E-state index contributed by atoms with van der Waals surface area (Å²) in [6.07, 6.45) is -4.98. The zero-order valence-electron chi connectivity index (χ0n) is 9.07. The zero-order chi connectivity index (χ0) is 11.9. The first kappa shape index (κ1) is 12.2. The Labute approximate surface area is 92.5 Å². The van der Waals surface area contributed by atoms with Crippen molar-refractivity contribution in [3.05, 3.63) is 0 Å². The lowest BCUT2D eigenvalue weighted by atomic mass is 9.99. The topological polar surface area (TPSA) is 97.6 Å². The van der Waals surface area contributed by atoms with E-state index in [-0.39, 0.29) is 0 Å². The van der Waals surface area contributed by atoms with Crippen molar-refractivity contribution in [1.29, 1.82) is 0 Å². The molecule has 94 valence electrons. The van der Waals surface area contributed by atoms with Gasteiger partial charge in [0.05, 0.1) is 6.61 Å². The van der Waals surface area contributed by atoms with E-state index in [2.05, 4.69) is 0 Å². The van der Waals surface area contributed by atoms with Crippen molar-refractivity contribution in [3.63, 3.8) is 0 Å². The lowest BCUT2D eigenvalue weighted by molar-refractivity contribution is -0.334. The van der Waals surface area contributed by atoms with E-state index in [0.29, 0.717) is 0 Å². The van der Waals surface area contributed by atoms with Crippen molar-refractivity contribution in [2.24, 2.45) is 0 Å². The number of hydrogen-bond donors (Lipinski definition) is 3. The van der Waals surface area contributed by atoms with Crippen LogP contribution < -0.4 is 0 Å². The predicted molar refractivity (Wildman–Crippen MR) is 49.1 cm³/mol. The summed E-state index contributed by atoms with van der Waals surface area (Å²) in [5.41, 5.74) is 0. The van der Waals surface area contributed by atoms with Gasteiger partial charge in [0.15, 0.2) is 6.29 Å². The van der Waals surface area contributed by atoms with Gasteiger partial charge in [-0.2, -0.15) is 0 Å². The quantitative estimate of drug-likeness (QED) is 0.518. The van der Waals surface area contributed by atoms with Crippen LogP contribution in [0.3, 0.4) is 0 Å². The Morgan fingerprint density at radius 3 is 2.50 bits per heavy atom. The molecule has 0 aliphatic carbocycles. The van der Waals surface area contributed by atoms with E-state index in [4.69, 9.17) is 24.1 Å². The van der Waals surface area contributed by atoms with E-state index >= 15 is 0 Å². The molecule has 0 unspecified atom stereocenters. The van der Waals surface area contributed by atoms with Gasteiger partial charge in [-0.15, -0.1) is 0 Å². The Balaban J connectivity index is 2.13. The molecule has 0 amide bonds. The van der Waals surface area contributed by atoms with Crippen molar-refractivity contribution in [2.75, 3.05) is 13.7 Å². The maximum atomic E-state index is 9.78. The summed E-state index contributed by atoms with van der Waals surface area (Å²) >= 11 is 0. The standard InChI is InChI=1S/C9H16O7/c1-9(13-2)15-7-6(12)5(11)4(3-10)14-8(7)16-9/h4-8,10-12H,3H2,1-2H3/t4-,5-,6+,7-,8-,9+/m1/s1. The van der Waals surface area contributed by atoms with Crippen LogP contribution in [0, 0.1) is 0 Å². The molecule has 2 rings (SSSR count). The monoisotopic (exact) mass is 236 g/mol. The Bertz CT molecular complexity index is 260. The van der Waals surface area contributed by atoms with Crippen molar-refractivity contribution in [3.8, 4) is 0 Å². The number of aliphatic hydroxyl groups excluding tert-OH is 3. The second-order valence-electron chi connectivity index (χ2n) is 3.97. The second kappa shape index (κ2) is 4.19. The minimum absolute atomic E-state index is 0.408. The van der Waals surface area contributed by atoms with Crippen molar-refractivity contribution >= 4 is 0 Å². The van der Waals surface area contributed by atoms with Gasteiger partial charge in [0.2, 0.25) is 0 Å². The van der Waals surface area contributed by atoms with Gasteiger partial charge in [-0.25, -0.2) is 0 Å². The molecule has 3 N–H and O–H groups in total.